The second-order valence-electron chi connectivity index (χ2n) is 5.31. The lowest BCUT2D eigenvalue weighted by atomic mass is 9.93. The number of piperidine rings is 1. The van der Waals surface area contributed by atoms with Gasteiger partial charge < -0.3 is 0 Å². The van der Waals surface area contributed by atoms with E-state index in [4.69, 9.17) is 5.26 Å². The average molecular weight is 256 g/mol. The Morgan fingerprint density at radius 2 is 2.26 bits per heavy atom. The summed E-state index contributed by atoms with van der Waals surface area (Å²) in [7, 11) is 0. The largest absolute Gasteiger partial charge is 0.299 e. The van der Waals surface area contributed by atoms with E-state index in [-0.39, 0.29) is 5.92 Å². The molecule has 0 N–H and O–H groups in total. The van der Waals surface area contributed by atoms with Crippen molar-refractivity contribution < 1.29 is 4.79 Å². The smallest absolute Gasteiger partial charge is 0.138 e. The summed E-state index contributed by atoms with van der Waals surface area (Å²) >= 11 is 0. The van der Waals surface area contributed by atoms with Gasteiger partial charge in [0.2, 0.25) is 0 Å². The van der Waals surface area contributed by atoms with Gasteiger partial charge >= 0.3 is 0 Å². The molecule has 3 heteroatoms. The number of hydrogen-bond donors (Lipinski definition) is 0. The molecule has 0 spiro atoms. The molecule has 1 aliphatic rings. The monoisotopic (exact) mass is 256 g/mol. The predicted molar refractivity (Wildman–Crippen MR) is 74.6 cm³/mol. The molecule has 0 bridgehead atoms. The maximum absolute atomic E-state index is 11.7. The third-order valence-corrected chi connectivity index (χ3v) is 3.97. The molecular formula is C16H20N2O. The van der Waals surface area contributed by atoms with E-state index in [1.54, 1.807) is 0 Å². The van der Waals surface area contributed by atoms with Crippen LogP contribution in [0.5, 0.6) is 0 Å². The van der Waals surface area contributed by atoms with E-state index < -0.39 is 0 Å². The molecule has 1 aromatic rings. The molecular weight excluding hydrogens is 236 g/mol. The highest BCUT2D eigenvalue weighted by molar-refractivity contribution is 5.82. The van der Waals surface area contributed by atoms with Crippen LogP contribution in [0.2, 0.25) is 0 Å². The Balaban J connectivity index is 2.06. The van der Waals surface area contributed by atoms with Crippen molar-refractivity contribution >= 4 is 5.78 Å². The summed E-state index contributed by atoms with van der Waals surface area (Å²) in [6.45, 7) is 6.73. The number of aryl methyl sites for hydroxylation is 1. The van der Waals surface area contributed by atoms with Crippen LogP contribution in [0.3, 0.4) is 0 Å². The minimum Gasteiger partial charge on any atom is -0.299 e. The molecule has 1 atom stereocenters. The van der Waals surface area contributed by atoms with Gasteiger partial charge in [0.1, 0.15) is 5.78 Å². The molecule has 1 fully saturated rings. The lowest BCUT2D eigenvalue weighted by Crippen LogP contribution is -2.40. The lowest BCUT2D eigenvalue weighted by molar-refractivity contribution is -0.126. The molecule has 0 saturated carbocycles. The molecule has 2 rings (SSSR count). The van der Waals surface area contributed by atoms with Gasteiger partial charge in [-0.05, 0) is 36.6 Å². The van der Waals surface area contributed by atoms with Gasteiger partial charge in [-0.25, -0.2) is 0 Å². The van der Waals surface area contributed by atoms with Gasteiger partial charge in [-0.2, -0.15) is 5.26 Å². The van der Waals surface area contributed by atoms with E-state index in [0.717, 1.165) is 31.6 Å². The molecule has 1 aromatic carbocycles. The molecule has 0 aliphatic carbocycles. The Hall–Kier alpha value is -1.66. The van der Waals surface area contributed by atoms with Gasteiger partial charge in [0, 0.05) is 32.0 Å². The summed E-state index contributed by atoms with van der Waals surface area (Å²) in [5, 5.41) is 8.87. The van der Waals surface area contributed by atoms with Crippen molar-refractivity contribution in [2.24, 2.45) is 5.92 Å². The number of ketones is 1. The number of carbonyl (C=O) groups excluding carboxylic acids is 1. The van der Waals surface area contributed by atoms with Gasteiger partial charge in [0.15, 0.2) is 0 Å². The Bertz CT molecular complexity index is 516. The fourth-order valence-electron chi connectivity index (χ4n) is 2.66. The van der Waals surface area contributed by atoms with Crippen LogP contribution >= 0.6 is 0 Å². The Kier molecular flexibility index (Phi) is 4.34. The van der Waals surface area contributed by atoms with Gasteiger partial charge in [0.05, 0.1) is 11.6 Å². The maximum atomic E-state index is 11.7. The number of rotatable bonds is 3. The quantitative estimate of drug-likeness (QED) is 0.835. The summed E-state index contributed by atoms with van der Waals surface area (Å²) in [6, 6.07) is 8.00. The van der Waals surface area contributed by atoms with Gasteiger partial charge in [0.25, 0.3) is 0 Å². The number of carbonyl (C=O) groups is 1. The van der Waals surface area contributed by atoms with E-state index in [9.17, 15) is 4.79 Å². The maximum Gasteiger partial charge on any atom is 0.138 e. The first-order valence-corrected chi connectivity index (χ1v) is 6.88. The van der Waals surface area contributed by atoms with E-state index in [1.165, 1.54) is 5.56 Å². The van der Waals surface area contributed by atoms with Crippen LogP contribution in [0.25, 0.3) is 0 Å². The first-order valence-electron chi connectivity index (χ1n) is 6.88. The van der Waals surface area contributed by atoms with Crippen LogP contribution in [0.4, 0.5) is 0 Å². The molecule has 0 radical (unpaired) electrons. The van der Waals surface area contributed by atoms with Crippen molar-refractivity contribution in [3.8, 4) is 6.07 Å². The number of benzene rings is 1. The lowest BCUT2D eigenvalue weighted by Gasteiger charge is -2.31. The van der Waals surface area contributed by atoms with Crippen molar-refractivity contribution in [2.45, 2.75) is 33.2 Å². The van der Waals surface area contributed by atoms with Crippen molar-refractivity contribution in [3.63, 3.8) is 0 Å². The molecule has 1 unspecified atom stereocenters. The first-order chi connectivity index (χ1) is 9.13. The average Bonchev–Trinajstić information content (AvgIpc) is 2.43. The SMILES string of the molecule is CCC1CN(Cc2ccc(C#N)cc2C)CCC1=O. The van der Waals surface area contributed by atoms with Crippen LogP contribution in [0.1, 0.15) is 36.5 Å². The van der Waals surface area contributed by atoms with Crippen molar-refractivity contribution in [1.82, 2.24) is 4.90 Å². The number of likely N-dealkylation sites (tertiary alicyclic amines) is 1. The zero-order chi connectivity index (χ0) is 13.8. The Morgan fingerprint density at radius 1 is 1.47 bits per heavy atom. The van der Waals surface area contributed by atoms with Crippen molar-refractivity contribution in [3.05, 3.63) is 34.9 Å². The van der Waals surface area contributed by atoms with Gasteiger partial charge in [-0.1, -0.05) is 13.0 Å². The van der Waals surface area contributed by atoms with Crippen LogP contribution < -0.4 is 0 Å². The van der Waals surface area contributed by atoms with Crippen LogP contribution in [0.15, 0.2) is 18.2 Å². The fraction of sp³-hybridized carbons (Fsp3) is 0.500. The van der Waals surface area contributed by atoms with E-state index in [1.807, 2.05) is 25.1 Å². The zero-order valence-corrected chi connectivity index (χ0v) is 11.6. The second-order valence-corrected chi connectivity index (χ2v) is 5.31. The van der Waals surface area contributed by atoms with Crippen molar-refractivity contribution in [1.29, 1.82) is 5.26 Å². The summed E-state index contributed by atoms with van der Waals surface area (Å²) in [6.07, 6.45) is 1.61. The van der Waals surface area contributed by atoms with Crippen molar-refractivity contribution in [2.75, 3.05) is 13.1 Å². The van der Waals surface area contributed by atoms with Crippen LogP contribution in [-0.4, -0.2) is 23.8 Å². The first kappa shape index (κ1) is 13.8. The summed E-state index contributed by atoms with van der Waals surface area (Å²) in [5.74, 6) is 0.614. The highest BCUT2D eigenvalue weighted by Gasteiger charge is 2.25. The standard InChI is InChI=1S/C16H20N2O/c1-3-14-10-18(7-6-16(14)19)11-15-5-4-13(9-17)8-12(15)2/h4-5,8,14H,3,6-7,10-11H2,1-2H3. The Morgan fingerprint density at radius 3 is 2.89 bits per heavy atom. The van der Waals surface area contributed by atoms with E-state index in [0.29, 0.717) is 17.8 Å². The number of Topliss-reactive ketones (excluding diaryl/α,β-unsaturated/α-hetero) is 1. The Labute approximate surface area is 114 Å². The number of hydrogen-bond acceptors (Lipinski definition) is 3. The third kappa shape index (κ3) is 3.21. The second kappa shape index (κ2) is 5.99. The minimum absolute atomic E-state index is 0.201. The van der Waals surface area contributed by atoms with E-state index in [2.05, 4.69) is 17.9 Å². The summed E-state index contributed by atoms with van der Waals surface area (Å²) in [5.41, 5.74) is 3.12. The van der Waals surface area contributed by atoms with Gasteiger partial charge in [-0.3, -0.25) is 9.69 Å². The molecule has 19 heavy (non-hydrogen) atoms. The fourth-order valence-corrected chi connectivity index (χ4v) is 2.66. The topological polar surface area (TPSA) is 44.1 Å². The molecule has 0 amide bonds. The normalized spacial score (nSPS) is 20.3. The van der Waals surface area contributed by atoms with Crippen LogP contribution in [0, 0.1) is 24.2 Å². The summed E-state index contributed by atoms with van der Waals surface area (Å²) in [4.78, 5) is 14.1. The van der Waals surface area contributed by atoms with Crippen LogP contribution in [-0.2, 0) is 11.3 Å². The predicted octanol–water partition coefficient (Wildman–Crippen LogP) is 2.67. The molecule has 0 aromatic heterocycles. The molecule has 1 aliphatic heterocycles. The van der Waals surface area contributed by atoms with Gasteiger partial charge in [-0.15, -0.1) is 0 Å². The summed E-state index contributed by atoms with van der Waals surface area (Å²) < 4.78 is 0. The molecule has 100 valence electrons. The molecule has 1 saturated heterocycles. The highest BCUT2D eigenvalue weighted by atomic mass is 16.1. The van der Waals surface area contributed by atoms with E-state index >= 15 is 0 Å². The molecule has 3 nitrogen and oxygen atoms in total. The molecule has 1 heterocycles. The third-order valence-electron chi connectivity index (χ3n) is 3.97. The number of nitriles is 1. The minimum atomic E-state index is 0.201. The number of nitrogens with zero attached hydrogens (tertiary/aromatic N) is 2. The zero-order valence-electron chi connectivity index (χ0n) is 11.6. The highest BCUT2D eigenvalue weighted by Crippen LogP contribution is 2.20.